The molecule has 1 amide bonds. The highest BCUT2D eigenvalue weighted by Gasteiger charge is 2.51. The Morgan fingerprint density at radius 3 is 2.79 bits per heavy atom. The number of fused-ring (bicyclic) bond motifs is 1. The standard InChI is InChI=1S/C22H27N5O/c1-14(2)19-24-20(26-25-19)17-12-27(13-22(17)9-5-6-10-22)21(28)16-11-23-18-8-4-3-7-15(16)18/h3-4,7-8,11,14,17,23H,5-6,9-10,12-13H2,1-2H3,(H,24,25,26). The molecular weight excluding hydrogens is 350 g/mol. The van der Waals surface area contributed by atoms with Gasteiger partial charge in [-0.1, -0.05) is 44.9 Å². The van der Waals surface area contributed by atoms with E-state index in [1.54, 1.807) is 0 Å². The van der Waals surface area contributed by atoms with Gasteiger partial charge in [-0.3, -0.25) is 9.89 Å². The summed E-state index contributed by atoms with van der Waals surface area (Å²) in [5.74, 6) is 2.48. The minimum atomic E-state index is 0.120. The molecule has 3 aromatic rings. The van der Waals surface area contributed by atoms with Crippen LogP contribution in [0.4, 0.5) is 0 Å². The largest absolute Gasteiger partial charge is 0.360 e. The SMILES string of the molecule is CC(C)c1n[nH]c(C2CN(C(=O)c3c[nH]c4ccccc34)CC23CCCC3)n1. The lowest BCUT2D eigenvalue weighted by Gasteiger charge is -2.28. The number of aromatic nitrogens is 4. The van der Waals surface area contributed by atoms with Gasteiger partial charge < -0.3 is 9.88 Å². The molecule has 1 unspecified atom stereocenters. The molecule has 3 heterocycles. The molecule has 0 radical (unpaired) electrons. The van der Waals surface area contributed by atoms with E-state index in [1.165, 1.54) is 12.8 Å². The maximum Gasteiger partial charge on any atom is 0.256 e. The van der Waals surface area contributed by atoms with Gasteiger partial charge in [-0.05, 0) is 24.3 Å². The number of hydrogen-bond acceptors (Lipinski definition) is 3. The molecule has 2 N–H and O–H groups in total. The zero-order valence-electron chi connectivity index (χ0n) is 16.5. The van der Waals surface area contributed by atoms with Crippen LogP contribution in [0, 0.1) is 5.41 Å². The van der Waals surface area contributed by atoms with Crippen molar-refractivity contribution >= 4 is 16.8 Å². The summed E-state index contributed by atoms with van der Waals surface area (Å²) < 4.78 is 0. The van der Waals surface area contributed by atoms with Crippen LogP contribution in [0.25, 0.3) is 10.9 Å². The first-order valence-electron chi connectivity index (χ1n) is 10.3. The van der Waals surface area contributed by atoms with Crippen LogP contribution in [0.2, 0.25) is 0 Å². The lowest BCUT2D eigenvalue weighted by molar-refractivity contribution is 0.0775. The van der Waals surface area contributed by atoms with E-state index in [-0.39, 0.29) is 17.2 Å². The molecule has 0 bridgehead atoms. The van der Waals surface area contributed by atoms with Crippen molar-refractivity contribution in [1.29, 1.82) is 0 Å². The fraction of sp³-hybridized carbons (Fsp3) is 0.500. The zero-order valence-corrected chi connectivity index (χ0v) is 16.5. The normalized spacial score (nSPS) is 21.4. The van der Waals surface area contributed by atoms with Crippen molar-refractivity contribution in [1.82, 2.24) is 25.1 Å². The number of carbonyl (C=O) groups is 1. The molecule has 5 rings (SSSR count). The number of H-pyrrole nitrogens is 2. The van der Waals surface area contributed by atoms with Gasteiger partial charge in [0.2, 0.25) is 0 Å². The number of nitrogens with zero attached hydrogens (tertiary/aromatic N) is 3. The van der Waals surface area contributed by atoms with Crippen LogP contribution < -0.4 is 0 Å². The molecule has 6 nitrogen and oxygen atoms in total. The highest BCUT2D eigenvalue weighted by Crippen LogP contribution is 2.53. The van der Waals surface area contributed by atoms with E-state index >= 15 is 0 Å². The van der Waals surface area contributed by atoms with Crippen LogP contribution >= 0.6 is 0 Å². The topological polar surface area (TPSA) is 77.7 Å². The molecule has 28 heavy (non-hydrogen) atoms. The number of aromatic amines is 2. The van der Waals surface area contributed by atoms with Gasteiger partial charge >= 0.3 is 0 Å². The quantitative estimate of drug-likeness (QED) is 0.718. The van der Waals surface area contributed by atoms with E-state index in [1.807, 2.05) is 35.4 Å². The van der Waals surface area contributed by atoms with Gasteiger partial charge in [-0.25, -0.2) is 4.98 Å². The number of nitrogens with one attached hydrogen (secondary N) is 2. The predicted octanol–water partition coefficient (Wildman–Crippen LogP) is 4.21. The van der Waals surface area contributed by atoms with Crippen molar-refractivity contribution < 1.29 is 4.79 Å². The van der Waals surface area contributed by atoms with Crippen molar-refractivity contribution in [2.75, 3.05) is 13.1 Å². The smallest absolute Gasteiger partial charge is 0.256 e. The average molecular weight is 377 g/mol. The maximum absolute atomic E-state index is 13.4. The van der Waals surface area contributed by atoms with Crippen molar-refractivity contribution in [2.45, 2.75) is 51.4 Å². The van der Waals surface area contributed by atoms with E-state index in [2.05, 4.69) is 29.0 Å². The Morgan fingerprint density at radius 1 is 1.25 bits per heavy atom. The molecule has 1 aromatic carbocycles. The molecule has 2 aromatic heterocycles. The summed E-state index contributed by atoms with van der Waals surface area (Å²) in [5, 5.41) is 8.63. The van der Waals surface area contributed by atoms with E-state index in [4.69, 9.17) is 4.98 Å². The molecule has 6 heteroatoms. The Hall–Kier alpha value is -2.63. The summed E-state index contributed by atoms with van der Waals surface area (Å²) in [7, 11) is 0. The third-order valence-corrected chi connectivity index (χ3v) is 6.72. The Labute approximate surface area is 164 Å². The van der Waals surface area contributed by atoms with Gasteiger partial charge in [0, 0.05) is 42.0 Å². The zero-order chi connectivity index (χ0) is 19.3. The van der Waals surface area contributed by atoms with Crippen LogP contribution in [0.1, 0.15) is 73.4 Å². The Kier molecular flexibility index (Phi) is 4.03. The number of hydrogen-bond donors (Lipinski definition) is 2. The van der Waals surface area contributed by atoms with Crippen molar-refractivity contribution in [3.05, 3.63) is 47.7 Å². The summed E-state index contributed by atoms with van der Waals surface area (Å²) in [6.45, 7) is 5.75. The second kappa shape index (κ2) is 6.47. The maximum atomic E-state index is 13.4. The van der Waals surface area contributed by atoms with Crippen molar-refractivity contribution in [3.63, 3.8) is 0 Å². The first kappa shape index (κ1) is 17.5. The van der Waals surface area contributed by atoms with E-state index in [0.29, 0.717) is 12.5 Å². The molecule has 1 saturated heterocycles. The van der Waals surface area contributed by atoms with Crippen LogP contribution in [0.3, 0.4) is 0 Å². The molecule has 1 aliphatic heterocycles. The summed E-state index contributed by atoms with van der Waals surface area (Å²) in [5.41, 5.74) is 1.91. The number of carbonyl (C=O) groups excluding carboxylic acids is 1. The number of rotatable bonds is 3. The van der Waals surface area contributed by atoms with Gasteiger partial charge in [-0.2, -0.15) is 5.10 Å². The van der Waals surface area contributed by atoms with Crippen molar-refractivity contribution in [3.8, 4) is 0 Å². The van der Waals surface area contributed by atoms with Crippen LogP contribution in [-0.4, -0.2) is 44.1 Å². The van der Waals surface area contributed by atoms with E-state index < -0.39 is 0 Å². The molecule has 1 aliphatic carbocycles. The van der Waals surface area contributed by atoms with Gasteiger partial charge in [0.05, 0.1) is 5.56 Å². The third-order valence-electron chi connectivity index (χ3n) is 6.72. The number of para-hydroxylation sites is 1. The predicted molar refractivity (Wildman–Crippen MR) is 108 cm³/mol. The van der Waals surface area contributed by atoms with Gasteiger partial charge in [0.15, 0.2) is 5.82 Å². The molecular formula is C22H27N5O. The highest BCUT2D eigenvalue weighted by atomic mass is 16.2. The van der Waals surface area contributed by atoms with Gasteiger partial charge in [-0.15, -0.1) is 0 Å². The fourth-order valence-corrected chi connectivity index (χ4v) is 5.21. The van der Waals surface area contributed by atoms with Crippen LogP contribution in [0.15, 0.2) is 30.5 Å². The number of amides is 1. The second-order valence-electron chi connectivity index (χ2n) is 8.79. The Morgan fingerprint density at radius 2 is 2.04 bits per heavy atom. The Bertz CT molecular complexity index is 1010. The summed E-state index contributed by atoms with van der Waals surface area (Å²) in [6.07, 6.45) is 6.64. The van der Waals surface area contributed by atoms with Crippen LogP contribution in [0.5, 0.6) is 0 Å². The number of likely N-dealkylation sites (tertiary alicyclic amines) is 1. The second-order valence-corrected chi connectivity index (χ2v) is 8.79. The van der Waals surface area contributed by atoms with E-state index in [0.717, 1.165) is 47.5 Å². The Balaban J connectivity index is 1.47. The lowest BCUT2D eigenvalue weighted by Crippen LogP contribution is -2.31. The minimum absolute atomic E-state index is 0.120. The van der Waals surface area contributed by atoms with Gasteiger partial charge in [0.1, 0.15) is 5.82 Å². The summed E-state index contributed by atoms with van der Waals surface area (Å²) >= 11 is 0. The monoisotopic (exact) mass is 377 g/mol. The molecule has 1 atom stereocenters. The van der Waals surface area contributed by atoms with Crippen molar-refractivity contribution in [2.24, 2.45) is 5.41 Å². The lowest BCUT2D eigenvalue weighted by atomic mass is 9.76. The highest BCUT2D eigenvalue weighted by molar-refractivity contribution is 6.06. The van der Waals surface area contributed by atoms with E-state index in [9.17, 15) is 4.79 Å². The first-order valence-corrected chi connectivity index (χ1v) is 10.3. The molecule has 2 fully saturated rings. The summed E-state index contributed by atoms with van der Waals surface area (Å²) in [4.78, 5) is 23.5. The molecule has 2 aliphatic rings. The minimum Gasteiger partial charge on any atom is -0.360 e. The summed E-state index contributed by atoms with van der Waals surface area (Å²) in [6, 6.07) is 8.01. The van der Waals surface area contributed by atoms with Crippen LogP contribution in [-0.2, 0) is 0 Å². The third kappa shape index (κ3) is 2.65. The fourth-order valence-electron chi connectivity index (χ4n) is 5.21. The average Bonchev–Trinajstić information content (AvgIpc) is 3.48. The molecule has 1 saturated carbocycles. The molecule has 1 spiro atoms. The van der Waals surface area contributed by atoms with Gasteiger partial charge in [0.25, 0.3) is 5.91 Å². The number of benzene rings is 1. The molecule has 146 valence electrons. The first-order chi connectivity index (χ1) is 13.6.